The Morgan fingerprint density at radius 1 is 1.36 bits per heavy atom. The Morgan fingerprint density at radius 3 is 2.64 bits per heavy atom. The Balaban J connectivity index is 1.84. The van der Waals surface area contributed by atoms with Crippen molar-refractivity contribution in [3.8, 4) is 0 Å². The van der Waals surface area contributed by atoms with E-state index < -0.39 is 59.1 Å². The minimum absolute atomic E-state index is 0.118. The number of halogens is 2. The van der Waals surface area contributed by atoms with E-state index in [0.29, 0.717) is 12.8 Å². The van der Waals surface area contributed by atoms with Crippen LogP contribution in [0.25, 0.3) is 0 Å². The molecule has 0 aromatic carbocycles. The van der Waals surface area contributed by atoms with Crippen molar-refractivity contribution >= 4 is 11.8 Å². The molecule has 3 saturated carbocycles. The number of hydrogen-bond donors (Lipinski definition) is 3. The van der Waals surface area contributed by atoms with Gasteiger partial charge in [0.2, 0.25) is 6.43 Å². The standard InChI is InChI=1S/C21H26F2O5/c1-10-7-14-13-4-3-11-8-12(24)5-6-19(11,2)16(13)15(25)9-20(14,17(22)23)21(10,28)18(26)27/h5-6,8,10,13-17,25,28H,3-4,7,9H2,1-2H3,(H,26,27)/t10?,13-,14-,15?,16+,19-,20-,21?/m0/s1. The maximum Gasteiger partial charge on any atom is 0.336 e. The predicted molar refractivity (Wildman–Crippen MR) is 95.5 cm³/mol. The Morgan fingerprint density at radius 2 is 2.04 bits per heavy atom. The first-order valence-corrected chi connectivity index (χ1v) is 9.86. The topological polar surface area (TPSA) is 94.8 Å². The van der Waals surface area contributed by atoms with Crippen LogP contribution in [0.4, 0.5) is 8.78 Å². The molecular formula is C21H26F2O5. The lowest BCUT2D eigenvalue weighted by atomic mass is 9.46. The van der Waals surface area contributed by atoms with E-state index in [1.54, 1.807) is 12.2 Å². The van der Waals surface area contributed by atoms with E-state index in [0.717, 1.165) is 5.57 Å². The number of allylic oxidation sites excluding steroid dienone is 4. The number of carbonyl (C=O) groups excluding carboxylic acids is 1. The molecule has 0 aromatic rings. The zero-order chi connectivity index (χ0) is 20.6. The Hall–Kier alpha value is -1.60. The van der Waals surface area contributed by atoms with Gasteiger partial charge >= 0.3 is 5.97 Å². The highest BCUT2D eigenvalue weighted by Crippen LogP contribution is 2.69. The second-order valence-corrected chi connectivity index (χ2v) is 9.34. The molecular weight excluding hydrogens is 370 g/mol. The van der Waals surface area contributed by atoms with Gasteiger partial charge in [-0.1, -0.05) is 25.5 Å². The molecule has 3 unspecified atom stereocenters. The van der Waals surface area contributed by atoms with Crippen LogP contribution in [0, 0.1) is 34.5 Å². The molecule has 5 nitrogen and oxygen atoms in total. The number of aliphatic carboxylic acids is 1. The summed E-state index contributed by atoms with van der Waals surface area (Å²) in [6.45, 7) is 3.42. The SMILES string of the molecule is CC1C[C@H]2[C@@H]3CCC4=CC(=O)C=C[C@]4(C)[C@H]3C(O)C[C@]2(C(F)F)C1(O)C(=O)O. The van der Waals surface area contributed by atoms with Crippen LogP contribution in [0.3, 0.4) is 0 Å². The highest BCUT2D eigenvalue weighted by molar-refractivity contribution is 6.01. The third-order valence-electron chi connectivity index (χ3n) is 8.39. The van der Waals surface area contributed by atoms with Crippen LogP contribution in [-0.2, 0) is 9.59 Å². The lowest BCUT2D eigenvalue weighted by Crippen LogP contribution is -2.66. The van der Waals surface area contributed by atoms with Crippen molar-refractivity contribution in [2.24, 2.45) is 34.5 Å². The molecule has 3 N–H and O–H groups in total. The molecule has 0 heterocycles. The molecule has 4 aliphatic rings. The normalized spacial score (nSPS) is 50.0. The highest BCUT2D eigenvalue weighted by atomic mass is 19.3. The first kappa shape index (κ1) is 19.7. The number of aliphatic hydroxyl groups is 2. The monoisotopic (exact) mass is 396 g/mol. The minimum Gasteiger partial charge on any atom is -0.479 e. The predicted octanol–water partition coefficient (Wildman–Crippen LogP) is 2.57. The van der Waals surface area contributed by atoms with Gasteiger partial charge in [-0.25, -0.2) is 13.6 Å². The van der Waals surface area contributed by atoms with E-state index in [4.69, 9.17) is 0 Å². The van der Waals surface area contributed by atoms with Crippen molar-refractivity contribution in [3.05, 3.63) is 23.8 Å². The van der Waals surface area contributed by atoms with Gasteiger partial charge in [0.1, 0.15) is 0 Å². The van der Waals surface area contributed by atoms with Crippen LogP contribution in [0.1, 0.15) is 39.5 Å². The Labute approximate surface area is 162 Å². The largest absolute Gasteiger partial charge is 0.479 e. The van der Waals surface area contributed by atoms with E-state index in [2.05, 4.69) is 0 Å². The zero-order valence-electron chi connectivity index (χ0n) is 15.9. The fraction of sp³-hybridized carbons (Fsp3) is 0.714. The second kappa shape index (κ2) is 5.95. The number of hydrogen-bond acceptors (Lipinski definition) is 4. The molecule has 0 spiro atoms. The Kier molecular flexibility index (Phi) is 4.19. The first-order chi connectivity index (χ1) is 13.0. The summed E-state index contributed by atoms with van der Waals surface area (Å²) in [5.41, 5.74) is -4.49. The summed E-state index contributed by atoms with van der Waals surface area (Å²) in [4.78, 5) is 23.8. The van der Waals surface area contributed by atoms with Crippen molar-refractivity contribution < 1.29 is 33.7 Å². The van der Waals surface area contributed by atoms with Crippen molar-refractivity contribution in [1.29, 1.82) is 0 Å². The van der Waals surface area contributed by atoms with Crippen LogP contribution in [-0.4, -0.2) is 45.2 Å². The molecule has 0 amide bonds. The van der Waals surface area contributed by atoms with Gasteiger partial charge in [0, 0.05) is 11.3 Å². The fourth-order valence-electron chi connectivity index (χ4n) is 7.15. The summed E-state index contributed by atoms with van der Waals surface area (Å²) in [5.74, 6) is -4.05. The van der Waals surface area contributed by atoms with Crippen molar-refractivity contribution in [1.82, 2.24) is 0 Å². The summed E-state index contributed by atoms with van der Waals surface area (Å²) < 4.78 is 29.0. The summed E-state index contributed by atoms with van der Waals surface area (Å²) in [5, 5.41) is 31.8. The molecule has 154 valence electrons. The van der Waals surface area contributed by atoms with Crippen LogP contribution in [0.15, 0.2) is 23.8 Å². The van der Waals surface area contributed by atoms with Gasteiger partial charge in [0.25, 0.3) is 0 Å². The van der Waals surface area contributed by atoms with Gasteiger partial charge in [0.15, 0.2) is 11.4 Å². The van der Waals surface area contributed by atoms with Crippen molar-refractivity contribution in [3.63, 3.8) is 0 Å². The lowest BCUT2D eigenvalue weighted by molar-refractivity contribution is -0.235. The molecule has 7 heteroatoms. The van der Waals surface area contributed by atoms with E-state index in [9.17, 15) is 33.7 Å². The average molecular weight is 396 g/mol. The third kappa shape index (κ3) is 2.12. The van der Waals surface area contributed by atoms with Crippen LogP contribution >= 0.6 is 0 Å². The van der Waals surface area contributed by atoms with Gasteiger partial charge in [-0.15, -0.1) is 0 Å². The third-order valence-corrected chi connectivity index (χ3v) is 8.39. The second-order valence-electron chi connectivity index (χ2n) is 9.34. The van der Waals surface area contributed by atoms with Crippen LogP contribution < -0.4 is 0 Å². The molecule has 0 bridgehead atoms. The van der Waals surface area contributed by atoms with Crippen LogP contribution in [0.2, 0.25) is 0 Å². The summed E-state index contributed by atoms with van der Waals surface area (Å²) in [6, 6.07) is 0. The van der Waals surface area contributed by atoms with Crippen molar-refractivity contribution in [2.75, 3.05) is 0 Å². The smallest absolute Gasteiger partial charge is 0.336 e. The van der Waals surface area contributed by atoms with Gasteiger partial charge in [-0.3, -0.25) is 4.79 Å². The molecule has 0 saturated heterocycles. The highest BCUT2D eigenvalue weighted by Gasteiger charge is 2.76. The maximum atomic E-state index is 14.5. The van der Waals surface area contributed by atoms with E-state index in [-0.39, 0.29) is 18.1 Å². The first-order valence-electron chi connectivity index (χ1n) is 9.86. The molecule has 28 heavy (non-hydrogen) atoms. The number of carboxylic acids is 1. The zero-order valence-corrected chi connectivity index (χ0v) is 15.9. The number of rotatable bonds is 2. The molecule has 0 aliphatic heterocycles. The number of fused-ring (bicyclic) bond motifs is 5. The van der Waals surface area contributed by atoms with Gasteiger partial charge in [-0.05, 0) is 55.6 Å². The van der Waals surface area contributed by atoms with E-state index in [1.807, 2.05) is 6.92 Å². The number of alkyl halides is 2. The van der Waals surface area contributed by atoms with Gasteiger partial charge in [0.05, 0.1) is 11.5 Å². The fourth-order valence-corrected chi connectivity index (χ4v) is 7.15. The Bertz CT molecular complexity index is 792. The molecule has 4 aliphatic carbocycles. The van der Waals surface area contributed by atoms with E-state index in [1.165, 1.54) is 13.0 Å². The molecule has 8 atom stereocenters. The maximum absolute atomic E-state index is 14.5. The van der Waals surface area contributed by atoms with Gasteiger partial charge in [-0.2, -0.15) is 0 Å². The van der Waals surface area contributed by atoms with Crippen molar-refractivity contribution in [2.45, 2.75) is 57.7 Å². The number of carboxylic acid groups (broad SMARTS) is 1. The summed E-state index contributed by atoms with van der Waals surface area (Å²) in [7, 11) is 0. The summed E-state index contributed by atoms with van der Waals surface area (Å²) >= 11 is 0. The van der Waals surface area contributed by atoms with Gasteiger partial charge < -0.3 is 15.3 Å². The van der Waals surface area contributed by atoms with Crippen LogP contribution in [0.5, 0.6) is 0 Å². The van der Waals surface area contributed by atoms with E-state index >= 15 is 0 Å². The summed E-state index contributed by atoms with van der Waals surface area (Å²) in [6.07, 6.45) is 1.28. The minimum atomic E-state index is -3.06. The average Bonchev–Trinajstić information content (AvgIpc) is 2.85. The molecule has 4 rings (SSSR count). The molecule has 0 aromatic heterocycles. The number of aliphatic hydroxyl groups excluding tert-OH is 1. The molecule has 3 fully saturated rings. The number of ketones is 1. The number of carbonyl (C=O) groups is 2. The molecule has 0 radical (unpaired) electrons. The lowest BCUT2D eigenvalue weighted by Gasteiger charge is -2.59. The quantitative estimate of drug-likeness (QED) is 0.667.